The third-order valence-corrected chi connectivity index (χ3v) is 9.19. The van der Waals surface area contributed by atoms with Crippen molar-refractivity contribution in [1.82, 2.24) is 38.9 Å². The first kappa shape index (κ1) is 26.8. The Morgan fingerprint density at radius 3 is 2.29 bits per heavy atom. The summed E-state index contributed by atoms with van der Waals surface area (Å²) in [5, 5.41) is 10.5. The molecule has 3 saturated heterocycles. The van der Waals surface area contributed by atoms with Crippen molar-refractivity contribution in [1.29, 1.82) is 0 Å². The van der Waals surface area contributed by atoms with Gasteiger partial charge >= 0.3 is 0 Å². The largest absolute Gasteiger partial charge is 0.390 e. The van der Waals surface area contributed by atoms with Gasteiger partial charge in [-0.1, -0.05) is 12.1 Å². The molecule has 6 heterocycles. The summed E-state index contributed by atoms with van der Waals surface area (Å²) in [5.41, 5.74) is 3.03. The van der Waals surface area contributed by atoms with Gasteiger partial charge in [-0.25, -0.2) is 9.97 Å². The van der Waals surface area contributed by atoms with Crippen molar-refractivity contribution < 1.29 is 9.84 Å². The maximum absolute atomic E-state index is 10.5. The van der Waals surface area contributed by atoms with Crippen LogP contribution in [0.1, 0.15) is 44.8 Å². The maximum atomic E-state index is 10.5. The van der Waals surface area contributed by atoms with Gasteiger partial charge in [-0.15, -0.1) is 0 Å². The van der Waals surface area contributed by atoms with Gasteiger partial charge in [0.05, 0.1) is 42.9 Å². The SMILES string of the molecule is Cn1c(CN2CCC(C(C)(C)O)CC2)nc2c(N3CCOCC3)nc(-n3c(CN4CCC4)nc4ccccc43)nc21. The third-order valence-electron chi connectivity index (χ3n) is 9.19. The first-order chi connectivity index (χ1) is 19.8. The van der Waals surface area contributed by atoms with Gasteiger partial charge in [-0.2, -0.15) is 9.97 Å². The molecule has 3 aliphatic rings. The zero-order valence-electron chi connectivity index (χ0n) is 24.5. The van der Waals surface area contributed by atoms with E-state index in [0.717, 1.165) is 105 Å². The maximum Gasteiger partial charge on any atom is 0.239 e. The zero-order chi connectivity index (χ0) is 28.1. The lowest BCUT2D eigenvalue weighted by Crippen LogP contribution is -2.41. The molecule has 3 aromatic heterocycles. The van der Waals surface area contributed by atoms with Crippen LogP contribution in [0, 0.1) is 5.92 Å². The summed E-state index contributed by atoms with van der Waals surface area (Å²) < 4.78 is 9.96. The van der Waals surface area contributed by atoms with Crippen molar-refractivity contribution in [3.05, 3.63) is 35.9 Å². The fourth-order valence-electron chi connectivity index (χ4n) is 6.46. The van der Waals surface area contributed by atoms with E-state index in [1.54, 1.807) is 0 Å². The number of piperidine rings is 1. The van der Waals surface area contributed by atoms with E-state index in [4.69, 9.17) is 24.7 Å². The van der Waals surface area contributed by atoms with Crippen LogP contribution in [-0.4, -0.2) is 102 Å². The number of morpholine rings is 1. The van der Waals surface area contributed by atoms with Crippen molar-refractivity contribution in [2.24, 2.45) is 13.0 Å². The summed E-state index contributed by atoms with van der Waals surface area (Å²) in [4.78, 5) is 27.7. The third kappa shape index (κ3) is 5.09. The van der Waals surface area contributed by atoms with Crippen molar-refractivity contribution >= 4 is 28.0 Å². The van der Waals surface area contributed by atoms with Crippen LogP contribution in [-0.2, 0) is 24.9 Å². The molecule has 0 spiro atoms. The lowest BCUT2D eigenvalue weighted by molar-refractivity contribution is -0.0139. The number of likely N-dealkylation sites (tertiary alicyclic amines) is 2. The van der Waals surface area contributed by atoms with E-state index in [0.29, 0.717) is 25.1 Å². The zero-order valence-corrected chi connectivity index (χ0v) is 24.5. The summed E-state index contributed by atoms with van der Waals surface area (Å²) in [6.07, 6.45) is 3.21. The number of benzene rings is 1. The van der Waals surface area contributed by atoms with Gasteiger partial charge in [0.1, 0.15) is 11.6 Å². The molecule has 0 bridgehead atoms. The van der Waals surface area contributed by atoms with E-state index in [1.165, 1.54) is 6.42 Å². The standard InChI is InChI=1S/C30H41N9O2/c1-30(2,40)21-9-13-37(14-10-21)19-24-32-26-27(35(24)3)33-29(34-28(26)38-15-17-41-18-16-38)39-23-8-5-4-7-22(23)31-25(39)20-36-11-6-12-36/h4-5,7-8,21,40H,6,9-20H2,1-3H3. The van der Waals surface area contributed by atoms with Gasteiger partial charge in [0.15, 0.2) is 17.0 Å². The highest BCUT2D eigenvalue weighted by Crippen LogP contribution is 2.31. The molecule has 0 saturated carbocycles. The number of aryl methyl sites for hydroxylation is 1. The molecule has 0 atom stereocenters. The summed E-state index contributed by atoms with van der Waals surface area (Å²) >= 11 is 0. The Bertz CT molecular complexity index is 1540. The number of para-hydroxylation sites is 2. The first-order valence-electron chi connectivity index (χ1n) is 15.0. The number of aromatic nitrogens is 6. The second-order valence-corrected chi connectivity index (χ2v) is 12.4. The fourth-order valence-corrected chi connectivity index (χ4v) is 6.46. The Kier molecular flexibility index (Phi) is 6.93. The van der Waals surface area contributed by atoms with Crippen LogP contribution in [0.2, 0.25) is 0 Å². The highest BCUT2D eigenvalue weighted by atomic mass is 16.5. The van der Waals surface area contributed by atoms with E-state index in [9.17, 15) is 5.11 Å². The topological polar surface area (TPSA) is 101 Å². The average Bonchev–Trinajstić information content (AvgIpc) is 3.47. The quantitative estimate of drug-likeness (QED) is 0.366. The van der Waals surface area contributed by atoms with Crippen LogP contribution < -0.4 is 4.90 Å². The monoisotopic (exact) mass is 559 g/mol. The van der Waals surface area contributed by atoms with E-state index < -0.39 is 5.60 Å². The Labute approximate surface area is 240 Å². The normalized spacial score (nSPS) is 19.9. The summed E-state index contributed by atoms with van der Waals surface area (Å²) in [6.45, 7) is 12.4. The van der Waals surface area contributed by atoms with Gasteiger partial charge in [0.25, 0.3) is 0 Å². The molecule has 41 heavy (non-hydrogen) atoms. The Morgan fingerprint density at radius 2 is 1.59 bits per heavy atom. The number of hydrogen-bond donors (Lipinski definition) is 1. The molecular formula is C30H41N9O2. The molecule has 0 aliphatic carbocycles. The van der Waals surface area contributed by atoms with Crippen molar-refractivity contribution in [3.8, 4) is 5.95 Å². The number of rotatable bonds is 7. The number of fused-ring (bicyclic) bond motifs is 2. The van der Waals surface area contributed by atoms with Crippen LogP contribution in [0.5, 0.6) is 0 Å². The van der Waals surface area contributed by atoms with Gasteiger partial charge in [-0.3, -0.25) is 14.4 Å². The second-order valence-electron chi connectivity index (χ2n) is 12.4. The minimum absolute atomic E-state index is 0.330. The lowest BCUT2D eigenvalue weighted by atomic mass is 9.83. The number of imidazole rings is 2. The first-order valence-corrected chi connectivity index (χ1v) is 15.0. The Balaban J connectivity index is 1.30. The van der Waals surface area contributed by atoms with Crippen molar-refractivity contribution in [3.63, 3.8) is 0 Å². The van der Waals surface area contributed by atoms with E-state index >= 15 is 0 Å². The fraction of sp³-hybridized carbons (Fsp3) is 0.600. The van der Waals surface area contributed by atoms with Crippen LogP contribution in [0.15, 0.2) is 24.3 Å². The van der Waals surface area contributed by atoms with Crippen LogP contribution in [0.3, 0.4) is 0 Å². The molecule has 1 N–H and O–H groups in total. The van der Waals surface area contributed by atoms with Crippen LogP contribution in [0.4, 0.5) is 5.82 Å². The Hall–Kier alpha value is -3.12. The number of hydrogen-bond acceptors (Lipinski definition) is 9. The van der Waals surface area contributed by atoms with Crippen molar-refractivity contribution in [2.75, 3.05) is 57.4 Å². The van der Waals surface area contributed by atoms with E-state index in [2.05, 4.69) is 49.1 Å². The molecule has 11 nitrogen and oxygen atoms in total. The molecule has 0 unspecified atom stereocenters. The van der Waals surface area contributed by atoms with Gasteiger partial charge in [0.2, 0.25) is 5.95 Å². The molecule has 3 fully saturated rings. The van der Waals surface area contributed by atoms with E-state index in [1.807, 2.05) is 19.9 Å². The summed E-state index contributed by atoms with van der Waals surface area (Å²) in [5.74, 6) is 3.79. The van der Waals surface area contributed by atoms with E-state index in [-0.39, 0.29) is 0 Å². The second kappa shape index (κ2) is 10.6. The van der Waals surface area contributed by atoms with Gasteiger partial charge in [0, 0.05) is 20.1 Å². The number of ether oxygens (including phenoxy) is 1. The molecule has 7 rings (SSSR count). The highest BCUT2D eigenvalue weighted by Gasteiger charge is 2.31. The van der Waals surface area contributed by atoms with Crippen LogP contribution in [0.25, 0.3) is 28.1 Å². The number of anilines is 1. The summed E-state index contributed by atoms with van der Waals surface area (Å²) in [6, 6.07) is 8.26. The predicted molar refractivity (Wildman–Crippen MR) is 158 cm³/mol. The minimum Gasteiger partial charge on any atom is -0.390 e. The average molecular weight is 560 g/mol. The number of aliphatic hydroxyl groups is 1. The lowest BCUT2D eigenvalue weighted by Gasteiger charge is -2.37. The number of nitrogens with zero attached hydrogens (tertiary/aromatic N) is 9. The van der Waals surface area contributed by atoms with Gasteiger partial charge in [-0.05, 0) is 77.3 Å². The molecule has 11 heteroatoms. The smallest absolute Gasteiger partial charge is 0.239 e. The molecule has 1 aromatic carbocycles. The van der Waals surface area contributed by atoms with Crippen LogP contribution >= 0.6 is 0 Å². The molecule has 218 valence electrons. The minimum atomic E-state index is -0.630. The predicted octanol–water partition coefficient (Wildman–Crippen LogP) is 2.73. The molecule has 3 aliphatic heterocycles. The molecular weight excluding hydrogens is 518 g/mol. The van der Waals surface area contributed by atoms with Crippen molar-refractivity contribution in [2.45, 2.75) is 51.8 Å². The molecule has 0 amide bonds. The van der Waals surface area contributed by atoms with Gasteiger partial charge < -0.3 is 19.3 Å². The Morgan fingerprint density at radius 1 is 0.878 bits per heavy atom. The molecule has 4 aromatic rings. The highest BCUT2D eigenvalue weighted by molar-refractivity contribution is 5.86. The summed E-state index contributed by atoms with van der Waals surface area (Å²) in [7, 11) is 2.07. The molecule has 0 radical (unpaired) electrons.